The van der Waals surface area contributed by atoms with Crippen LogP contribution in [-0.4, -0.2) is 19.1 Å². The van der Waals surface area contributed by atoms with Gasteiger partial charge < -0.3 is 0 Å². The molecule has 0 N–H and O–H groups in total. The van der Waals surface area contributed by atoms with Gasteiger partial charge in [0.05, 0.1) is 27.9 Å². The summed E-state index contributed by atoms with van der Waals surface area (Å²) in [5, 5.41) is 2.82. The number of aromatic nitrogens is 4. The molecule has 7 aromatic rings. The quantitative estimate of drug-likeness (QED) is 0.288. The van der Waals surface area contributed by atoms with E-state index in [2.05, 4.69) is 11.1 Å². The van der Waals surface area contributed by atoms with Crippen molar-refractivity contribution in [1.82, 2.24) is 19.1 Å². The van der Waals surface area contributed by atoms with Crippen molar-refractivity contribution in [3.05, 3.63) is 109 Å². The van der Waals surface area contributed by atoms with Crippen LogP contribution in [0.1, 0.15) is 0 Å². The average Bonchev–Trinajstić information content (AvgIpc) is 3.35. The van der Waals surface area contributed by atoms with Crippen LogP contribution in [0.25, 0.3) is 55.4 Å². The lowest BCUT2D eigenvalue weighted by atomic mass is 10.1. The van der Waals surface area contributed by atoms with Crippen LogP contribution in [0, 0.1) is 11.6 Å². The normalized spacial score (nSPS) is 11.8. The van der Waals surface area contributed by atoms with E-state index in [1.807, 2.05) is 57.7 Å². The summed E-state index contributed by atoms with van der Waals surface area (Å²) in [5.74, 6) is -0.645. The Labute approximate surface area is 192 Å². The molecule has 162 valence electrons. The molecule has 0 fully saturated rings. The molecular formula is C28H16F2N4. The fourth-order valence-corrected chi connectivity index (χ4v) is 4.87. The molecule has 7 rings (SSSR count). The van der Waals surface area contributed by atoms with Crippen LogP contribution < -0.4 is 0 Å². The van der Waals surface area contributed by atoms with Crippen molar-refractivity contribution < 1.29 is 8.78 Å². The second kappa shape index (κ2) is 6.96. The van der Waals surface area contributed by atoms with Crippen molar-refractivity contribution in [2.24, 2.45) is 0 Å². The minimum atomic E-state index is -0.327. The van der Waals surface area contributed by atoms with E-state index in [0.29, 0.717) is 22.7 Å². The van der Waals surface area contributed by atoms with Gasteiger partial charge in [-0.25, -0.2) is 13.8 Å². The number of benzene rings is 3. The summed E-state index contributed by atoms with van der Waals surface area (Å²) >= 11 is 0. The number of fused-ring (bicyclic) bond motifs is 6. The molecule has 0 saturated carbocycles. The first-order valence-electron chi connectivity index (χ1n) is 10.9. The lowest BCUT2D eigenvalue weighted by molar-refractivity contribution is 0.626. The average molecular weight is 446 g/mol. The van der Waals surface area contributed by atoms with Crippen LogP contribution in [0.15, 0.2) is 97.2 Å². The smallest absolute Gasteiger partial charge is 0.149 e. The first-order valence-corrected chi connectivity index (χ1v) is 10.9. The number of hydrogen-bond acceptors (Lipinski definition) is 2. The largest absolute Gasteiger partial charge is 0.294 e. The standard InChI is InChI=1S/C28H16F2N4/c29-17-6-3-8-19(14-17)33-24-11-2-1-10-21(24)22-16-23-26-25(12-5-13-31-26)34(28(23)32-27(22)33)20-9-4-7-18(30)15-20/h1-16H. The summed E-state index contributed by atoms with van der Waals surface area (Å²) in [6, 6.07) is 26.8. The third-order valence-corrected chi connectivity index (χ3v) is 6.26. The summed E-state index contributed by atoms with van der Waals surface area (Å²) in [7, 11) is 0. The molecule has 4 aromatic heterocycles. The molecule has 0 saturated heterocycles. The van der Waals surface area contributed by atoms with Gasteiger partial charge in [0, 0.05) is 22.4 Å². The highest BCUT2D eigenvalue weighted by atomic mass is 19.1. The lowest BCUT2D eigenvalue weighted by Crippen LogP contribution is -1.99. The predicted molar refractivity (Wildman–Crippen MR) is 131 cm³/mol. The van der Waals surface area contributed by atoms with Crippen LogP contribution in [0.4, 0.5) is 8.78 Å². The zero-order valence-electron chi connectivity index (χ0n) is 17.8. The predicted octanol–water partition coefficient (Wildman–Crippen LogP) is 6.95. The summed E-state index contributed by atoms with van der Waals surface area (Å²) in [6.07, 6.45) is 1.75. The Morgan fingerprint density at radius 1 is 0.559 bits per heavy atom. The monoisotopic (exact) mass is 446 g/mol. The highest BCUT2D eigenvalue weighted by Crippen LogP contribution is 2.37. The topological polar surface area (TPSA) is 35.6 Å². The molecule has 34 heavy (non-hydrogen) atoms. The van der Waals surface area contributed by atoms with Crippen molar-refractivity contribution >= 4 is 44.0 Å². The van der Waals surface area contributed by atoms with Gasteiger partial charge in [-0.2, -0.15) is 0 Å². The Balaban J connectivity index is 1.69. The molecule has 0 radical (unpaired) electrons. The number of halogens is 2. The Morgan fingerprint density at radius 2 is 1.21 bits per heavy atom. The van der Waals surface area contributed by atoms with Crippen molar-refractivity contribution in [3.63, 3.8) is 0 Å². The highest BCUT2D eigenvalue weighted by molar-refractivity contribution is 6.15. The van der Waals surface area contributed by atoms with E-state index in [4.69, 9.17) is 4.98 Å². The van der Waals surface area contributed by atoms with Gasteiger partial charge in [0.25, 0.3) is 0 Å². The van der Waals surface area contributed by atoms with Crippen molar-refractivity contribution in [2.75, 3.05) is 0 Å². The van der Waals surface area contributed by atoms with Gasteiger partial charge in [0.1, 0.15) is 22.9 Å². The molecule has 0 unspecified atom stereocenters. The van der Waals surface area contributed by atoms with Crippen LogP contribution in [0.2, 0.25) is 0 Å². The minimum Gasteiger partial charge on any atom is -0.294 e. The number of pyridine rings is 2. The Bertz CT molecular complexity index is 1760. The van der Waals surface area contributed by atoms with Crippen LogP contribution in [0.3, 0.4) is 0 Å². The zero-order chi connectivity index (χ0) is 22.8. The molecule has 0 amide bonds. The van der Waals surface area contributed by atoms with Gasteiger partial charge >= 0.3 is 0 Å². The molecule has 0 aliphatic carbocycles. The number of para-hydroxylation sites is 1. The van der Waals surface area contributed by atoms with Crippen molar-refractivity contribution in [2.45, 2.75) is 0 Å². The molecule has 3 aromatic carbocycles. The van der Waals surface area contributed by atoms with E-state index >= 15 is 0 Å². The number of rotatable bonds is 2. The fourth-order valence-electron chi connectivity index (χ4n) is 4.87. The molecule has 0 atom stereocenters. The second-order valence-electron chi connectivity index (χ2n) is 8.25. The van der Waals surface area contributed by atoms with E-state index in [9.17, 15) is 8.78 Å². The van der Waals surface area contributed by atoms with Gasteiger partial charge in [-0.3, -0.25) is 14.1 Å². The first-order chi connectivity index (χ1) is 16.7. The Kier molecular flexibility index (Phi) is 3.88. The molecule has 4 nitrogen and oxygen atoms in total. The lowest BCUT2D eigenvalue weighted by Gasteiger charge is -2.09. The van der Waals surface area contributed by atoms with Gasteiger partial charge in [-0.1, -0.05) is 30.3 Å². The van der Waals surface area contributed by atoms with Gasteiger partial charge in [0.15, 0.2) is 0 Å². The Hall–Kier alpha value is -4.58. The molecule has 4 heterocycles. The molecule has 6 heteroatoms. The van der Waals surface area contributed by atoms with Crippen molar-refractivity contribution in [1.29, 1.82) is 0 Å². The molecule has 0 spiro atoms. The van der Waals surface area contributed by atoms with Crippen molar-refractivity contribution in [3.8, 4) is 11.4 Å². The Morgan fingerprint density at radius 3 is 1.94 bits per heavy atom. The SMILES string of the molecule is Fc1cccc(-n2c3ccccc3c3cc4c5ncccc5n(-c5cccc(F)c5)c4nc32)c1. The van der Waals surface area contributed by atoms with E-state index in [1.165, 1.54) is 24.3 Å². The van der Waals surface area contributed by atoms with Gasteiger partial charge in [-0.15, -0.1) is 0 Å². The van der Waals surface area contributed by atoms with E-state index < -0.39 is 0 Å². The maximum absolute atomic E-state index is 14.2. The molecule has 0 bridgehead atoms. The van der Waals surface area contributed by atoms with Gasteiger partial charge in [0.2, 0.25) is 0 Å². The summed E-state index contributed by atoms with van der Waals surface area (Å²) in [5.41, 5.74) is 5.26. The van der Waals surface area contributed by atoms with E-state index in [0.717, 1.165) is 32.7 Å². The van der Waals surface area contributed by atoms with E-state index in [-0.39, 0.29) is 11.6 Å². The number of hydrogen-bond donors (Lipinski definition) is 0. The maximum atomic E-state index is 14.2. The third-order valence-electron chi connectivity index (χ3n) is 6.26. The molecular weight excluding hydrogens is 430 g/mol. The fraction of sp³-hybridized carbons (Fsp3) is 0. The van der Waals surface area contributed by atoms with Crippen LogP contribution in [-0.2, 0) is 0 Å². The van der Waals surface area contributed by atoms with E-state index in [1.54, 1.807) is 18.3 Å². The molecule has 0 aliphatic rings. The van der Waals surface area contributed by atoms with Gasteiger partial charge in [-0.05, 0) is 60.7 Å². The minimum absolute atomic E-state index is 0.317. The second-order valence-corrected chi connectivity index (χ2v) is 8.25. The summed E-state index contributed by atoms with van der Waals surface area (Å²) in [4.78, 5) is 9.74. The zero-order valence-corrected chi connectivity index (χ0v) is 17.8. The maximum Gasteiger partial charge on any atom is 0.149 e. The van der Waals surface area contributed by atoms with Crippen LogP contribution in [0.5, 0.6) is 0 Å². The summed E-state index contributed by atoms with van der Waals surface area (Å²) in [6.45, 7) is 0. The third kappa shape index (κ3) is 2.62. The number of nitrogens with zero attached hydrogens (tertiary/aromatic N) is 4. The first kappa shape index (κ1) is 18.9. The van der Waals surface area contributed by atoms with Crippen LogP contribution >= 0.6 is 0 Å². The summed E-state index contributed by atoms with van der Waals surface area (Å²) < 4.78 is 32.3. The molecule has 0 aliphatic heterocycles. The highest BCUT2D eigenvalue weighted by Gasteiger charge is 2.20.